The third-order valence-electron chi connectivity index (χ3n) is 7.09. The van der Waals surface area contributed by atoms with Crippen molar-refractivity contribution in [1.29, 1.82) is 0 Å². The Balaban J connectivity index is 1.53. The second-order valence-corrected chi connectivity index (χ2v) is 9.70. The Morgan fingerprint density at radius 2 is 1.90 bits per heavy atom. The lowest BCUT2D eigenvalue weighted by Gasteiger charge is -2.40. The van der Waals surface area contributed by atoms with E-state index < -0.39 is 36.2 Å². The van der Waals surface area contributed by atoms with Gasteiger partial charge in [0.25, 0.3) is 0 Å². The molecule has 1 aromatic heterocycles. The number of rotatable bonds is 11. The quantitative estimate of drug-likeness (QED) is 0.322. The number of aromatic nitrogens is 1. The number of hydrazine groups is 1. The zero-order valence-electron chi connectivity index (χ0n) is 22.7. The molecule has 0 saturated carbocycles. The molecule has 13 heteroatoms. The minimum absolute atomic E-state index is 0.0550. The lowest BCUT2D eigenvalue weighted by molar-refractivity contribution is -0.139. The Bertz CT molecular complexity index is 1320. The molecular weight excluding hydrogens is 540 g/mol. The van der Waals surface area contributed by atoms with Gasteiger partial charge in [0.15, 0.2) is 17.4 Å². The summed E-state index contributed by atoms with van der Waals surface area (Å²) >= 11 is 0. The number of pyridine rings is 1. The Morgan fingerprint density at radius 3 is 2.51 bits per heavy atom. The maximum absolute atomic E-state index is 14.0. The number of ether oxygens (including phenoxy) is 2. The minimum Gasteiger partial charge on any atom is -0.466 e. The Kier molecular flexibility index (Phi) is 9.73. The van der Waals surface area contributed by atoms with Crippen molar-refractivity contribution in [1.82, 2.24) is 25.2 Å². The highest BCUT2D eigenvalue weighted by Crippen LogP contribution is 2.33. The molecule has 2 aliphatic heterocycles. The van der Waals surface area contributed by atoms with Gasteiger partial charge >= 0.3 is 12.0 Å². The average Bonchev–Trinajstić information content (AvgIpc) is 2.98. The number of nitrogens with one attached hydrogen (secondary N) is 1. The zero-order chi connectivity index (χ0) is 29.5. The van der Waals surface area contributed by atoms with Crippen LogP contribution in [0.5, 0.6) is 0 Å². The molecule has 1 N–H and O–H groups in total. The van der Waals surface area contributed by atoms with Crippen LogP contribution in [0.2, 0.25) is 0 Å². The summed E-state index contributed by atoms with van der Waals surface area (Å²) in [5, 5.41) is 4.21. The lowest BCUT2D eigenvalue weighted by Crippen LogP contribution is -2.57. The largest absolute Gasteiger partial charge is 0.466 e. The monoisotopic (exact) mass is 571 g/mol. The first-order valence-corrected chi connectivity index (χ1v) is 13.0. The highest BCUT2D eigenvalue weighted by molar-refractivity contribution is 5.95. The molecule has 2 aliphatic rings. The number of hydrogen-bond donors (Lipinski definition) is 1. The molecule has 1 unspecified atom stereocenters. The van der Waals surface area contributed by atoms with Crippen molar-refractivity contribution < 1.29 is 37.4 Å². The molecule has 1 aromatic carbocycles. The van der Waals surface area contributed by atoms with Crippen molar-refractivity contribution in [2.45, 2.75) is 24.8 Å². The van der Waals surface area contributed by atoms with E-state index in [2.05, 4.69) is 10.3 Å². The van der Waals surface area contributed by atoms with E-state index in [4.69, 9.17) is 9.47 Å². The fourth-order valence-corrected chi connectivity index (χ4v) is 5.13. The van der Waals surface area contributed by atoms with Gasteiger partial charge in [-0.15, -0.1) is 0 Å². The first-order valence-electron chi connectivity index (χ1n) is 13.0. The number of likely N-dealkylation sites (tertiary alicyclic amines) is 1. The van der Waals surface area contributed by atoms with Crippen molar-refractivity contribution >= 4 is 24.2 Å². The van der Waals surface area contributed by atoms with Crippen LogP contribution in [0.4, 0.5) is 13.6 Å². The molecule has 0 radical (unpaired) electrons. The van der Waals surface area contributed by atoms with E-state index in [0.29, 0.717) is 25.4 Å². The molecule has 3 heterocycles. The molecule has 0 bridgehead atoms. The van der Waals surface area contributed by atoms with Gasteiger partial charge in [-0.3, -0.25) is 19.5 Å². The van der Waals surface area contributed by atoms with Crippen LogP contribution in [-0.2, 0) is 23.9 Å². The van der Waals surface area contributed by atoms with E-state index in [-0.39, 0.29) is 35.8 Å². The summed E-state index contributed by atoms with van der Waals surface area (Å²) in [4.78, 5) is 57.8. The van der Waals surface area contributed by atoms with Gasteiger partial charge in [0.2, 0.25) is 6.41 Å². The lowest BCUT2D eigenvalue weighted by atomic mass is 9.93. The molecule has 3 amide bonds. The molecule has 0 spiro atoms. The highest BCUT2D eigenvalue weighted by Gasteiger charge is 2.41. The number of urea groups is 1. The summed E-state index contributed by atoms with van der Waals surface area (Å²) in [7, 11) is 2.42. The third-order valence-corrected chi connectivity index (χ3v) is 7.09. The molecule has 2 aromatic rings. The van der Waals surface area contributed by atoms with Gasteiger partial charge < -0.3 is 14.8 Å². The Hall–Kier alpha value is -4.23. The van der Waals surface area contributed by atoms with Gasteiger partial charge in [-0.25, -0.2) is 28.4 Å². The van der Waals surface area contributed by atoms with Gasteiger partial charge in [0, 0.05) is 24.9 Å². The molecular formula is C28H31F2N5O6. The highest BCUT2D eigenvalue weighted by atomic mass is 19.2. The fourth-order valence-electron chi connectivity index (χ4n) is 5.13. The van der Waals surface area contributed by atoms with Gasteiger partial charge in [-0.05, 0) is 55.8 Å². The van der Waals surface area contributed by atoms with Crippen LogP contribution >= 0.6 is 0 Å². The summed E-state index contributed by atoms with van der Waals surface area (Å²) < 4.78 is 37.7. The first-order chi connectivity index (χ1) is 19.8. The van der Waals surface area contributed by atoms with Gasteiger partial charge in [-0.2, -0.15) is 0 Å². The summed E-state index contributed by atoms with van der Waals surface area (Å²) in [5.74, 6) is -3.22. The van der Waals surface area contributed by atoms with Crippen LogP contribution in [0, 0.1) is 11.6 Å². The number of amides is 3. The molecule has 4 rings (SSSR count). The second kappa shape index (κ2) is 13.4. The topological polar surface area (TPSA) is 121 Å². The number of hydrogen-bond acceptors (Lipinski definition) is 8. The normalized spacial score (nSPS) is 18.2. The van der Waals surface area contributed by atoms with Gasteiger partial charge in [0.1, 0.15) is 6.54 Å². The van der Waals surface area contributed by atoms with Crippen LogP contribution in [-0.4, -0.2) is 91.1 Å². The number of halogens is 2. The van der Waals surface area contributed by atoms with Crippen molar-refractivity contribution in [3.63, 3.8) is 0 Å². The standard InChI is InChI=1S/C28H31F2N5O6/c1-40-16-24-25(27(38)41-2)26(19-6-7-21(29)22(30)13-19)32-28(39)35(24)34(17-36)15-20(37)14-33-11-8-18(9-12-33)23-5-3-4-10-31-23/h3-7,10,13,17-18,26H,8-9,11-12,14-16H2,1-2H3,(H,32,39). The zero-order valence-corrected chi connectivity index (χ0v) is 22.7. The molecule has 1 fully saturated rings. The number of esters is 1. The van der Waals surface area contributed by atoms with Crippen molar-refractivity contribution in [3.8, 4) is 0 Å². The maximum atomic E-state index is 14.0. The number of carbonyl (C=O) groups excluding carboxylic acids is 4. The average molecular weight is 572 g/mol. The van der Waals surface area contributed by atoms with Crippen molar-refractivity contribution in [2.24, 2.45) is 0 Å². The number of ketones is 1. The first kappa shape index (κ1) is 29.7. The van der Waals surface area contributed by atoms with Crippen LogP contribution in [0.25, 0.3) is 0 Å². The van der Waals surface area contributed by atoms with Crippen LogP contribution in [0.1, 0.15) is 36.1 Å². The molecule has 0 aliphatic carbocycles. The maximum Gasteiger partial charge on any atom is 0.341 e. The van der Waals surface area contributed by atoms with E-state index in [0.717, 1.165) is 47.8 Å². The number of benzene rings is 1. The minimum atomic E-state index is -1.24. The number of Topliss-reactive ketones (excluding diaryl/α,β-unsaturated/α-hetero) is 1. The van der Waals surface area contributed by atoms with Crippen LogP contribution < -0.4 is 5.32 Å². The molecule has 1 atom stereocenters. The fraction of sp³-hybridized carbons (Fsp3) is 0.393. The van der Waals surface area contributed by atoms with Gasteiger partial charge in [-0.1, -0.05) is 12.1 Å². The number of carbonyl (C=O) groups is 4. The van der Waals surface area contributed by atoms with Crippen molar-refractivity contribution in [3.05, 3.63) is 76.8 Å². The summed E-state index contributed by atoms with van der Waals surface area (Å²) in [6.45, 7) is 0.580. The molecule has 11 nitrogen and oxygen atoms in total. The van der Waals surface area contributed by atoms with Gasteiger partial charge in [0.05, 0.1) is 37.6 Å². The number of nitrogens with zero attached hydrogens (tertiary/aromatic N) is 4. The third kappa shape index (κ3) is 6.74. The SMILES string of the molecule is COCC1=C(C(=O)OC)C(c2ccc(F)c(F)c2)NC(=O)N1N(C=O)CC(=O)CN1CCC(c2ccccn2)CC1. The number of methoxy groups -OCH3 is 2. The Labute approximate surface area is 235 Å². The smallest absolute Gasteiger partial charge is 0.341 e. The summed E-state index contributed by atoms with van der Waals surface area (Å²) in [6.07, 6.45) is 3.71. The van der Waals surface area contributed by atoms with E-state index in [9.17, 15) is 28.0 Å². The molecule has 1 saturated heterocycles. The summed E-state index contributed by atoms with van der Waals surface area (Å²) in [5.41, 5.74) is 0.820. The second-order valence-electron chi connectivity index (χ2n) is 9.70. The molecule has 218 valence electrons. The van der Waals surface area contributed by atoms with E-state index in [1.165, 1.54) is 13.2 Å². The van der Waals surface area contributed by atoms with E-state index in [1.807, 2.05) is 23.1 Å². The van der Waals surface area contributed by atoms with Crippen LogP contribution in [0.15, 0.2) is 53.9 Å². The molecule has 41 heavy (non-hydrogen) atoms. The van der Waals surface area contributed by atoms with E-state index >= 15 is 0 Å². The van der Waals surface area contributed by atoms with Crippen LogP contribution in [0.3, 0.4) is 0 Å². The Morgan fingerprint density at radius 1 is 1.15 bits per heavy atom. The van der Waals surface area contributed by atoms with E-state index in [1.54, 1.807) is 6.20 Å². The van der Waals surface area contributed by atoms with Crippen molar-refractivity contribution in [2.75, 3.05) is 47.0 Å². The summed E-state index contributed by atoms with van der Waals surface area (Å²) in [6, 6.07) is 6.60. The predicted octanol–water partition coefficient (Wildman–Crippen LogP) is 2.32. The number of piperidine rings is 1. The predicted molar refractivity (Wildman–Crippen MR) is 141 cm³/mol.